The summed E-state index contributed by atoms with van der Waals surface area (Å²) in [7, 11) is 2.25. The summed E-state index contributed by atoms with van der Waals surface area (Å²) >= 11 is 0. The molecule has 2 unspecified atom stereocenters. The van der Waals surface area contributed by atoms with Crippen LogP contribution in [0.4, 0.5) is 17.1 Å². The Balaban J connectivity index is 1.21. The molecular formula is C51H36N2. The molecule has 1 aliphatic carbocycles. The molecule has 0 fully saturated rings. The Bertz CT molecular complexity index is 2640. The van der Waals surface area contributed by atoms with Gasteiger partial charge in [-0.3, -0.25) is 0 Å². The third kappa shape index (κ3) is 4.15. The molecule has 0 bridgehead atoms. The summed E-state index contributed by atoms with van der Waals surface area (Å²) in [6, 6.07) is 72.0. The molecule has 0 radical (unpaired) electrons. The van der Waals surface area contributed by atoms with Gasteiger partial charge in [0, 0.05) is 12.7 Å². The molecule has 0 saturated heterocycles. The number of nitrogens with zero attached hydrogens (tertiary/aromatic N) is 2. The van der Waals surface area contributed by atoms with Gasteiger partial charge in [0.15, 0.2) is 0 Å². The zero-order valence-corrected chi connectivity index (χ0v) is 29.4. The van der Waals surface area contributed by atoms with Crippen LogP contribution in [0.3, 0.4) is 0 Å². The van der Waals surface area contributed by atoms with Crippen LogP contribution >= 0.6 is 0 Å². The van der Waals surface area contributed by atoms with Gasteiger partial charge in [0.2, 0.25) is 0 Å². The van der Waals surface area contributed by atoms with Gasteiger partial charge in [-0.25, -0.2) is 0 Å². The average Bonchev–Trinajstić information content (AvgIpc) is 3.71. The highest BCUT2D eigenvalue weighted by Gasteiger charge is 2.55. The second-order valence-electron chi connectivity index (χ2n) is 14.5. The molecule has 0 N–H and O–H groups in total. The number of fused-ring (bicyclic) bond motifs is 9. The van der Waals surface area contributed by atoms with Crippen LogP contribution in [0, 0.1) is 0 Å². The summed E-state index contributed by atoms with van der Waals surface area (Å²) in [5, 5.41) is 0. The third-order valence-corrected chi connectivity index (χ3v) is 11.8. The van der Waals surface area contributed by atoms with E-state index in [4.69, 9.17) is 0 Å². The molecule has 8 aromatic rings. The highest BCUT2D eigenvalue weighted by atomic mass is 15.4. The minimum Gasteiger partial charge on any atom is -0.348 e. The molecule has 8 aromatic carbocycles. The predicted molar refractivity (Wildman–Crippen MR) is 220 cm³/mol. The van der Waals surface area contributed by atoms with E-state index in [2.05, 4.69) is 211 Å². The highest BCUT2D eigenvalue weighted by molar-refractivity contribution is 6.02. The first kappa shape index (κ1) is 30.0. The lowest BCUT2D eigenvalue weighted by Crippen LogP contribution is -2.38. The number of para-hydroxylation sites is 2. The van der Waals surface area contributed by atoms with Gasteiger partial charge in [-0.05, 0) is 103 Å². The maximum absolute atomic E-state index is 2.60. The molecule has 0 amide bonds. The smallest absolute Gasteiger partial charge is 0.132 e. The van der Waals surface area contributed by atoms with Crippen molar-refractivity contribution in [2.75, 3.05) is 16.8 Å². The molecule has 3 aliphatic rings. The molecule has 0 aromatic heterocycles. The summed E-state index contributed by atoms with van der Waals surface area (Å²) in [5.41, 5.74) is 19.9. The Hall–Kier alpha value is -6.64. The monoisotopic (exact) mass is 676 g/mol. The third-order valence-electron chi connectivity index (χ3n) is 11.8. The molecule has 2 aliphatic heterocycles. The van der Waals surface area contributed by atoms with E-state index in [1.165, 1.54) is 89.4 Å². The summed E-state index contributed by atoms with van der Waals surface area (Å²) in [6.07, 6.45) is 0.0467. The predicted octanol–water partition coefficient (Wildman–Crippen LogP) is 12.7. The van der Waals surface area contributed by atoms with E-state index in [0.29, 0.717) is 0 Å². The zero-order valence-electron chi connectivity index (χ0n) is 29.4. The SMILES string of the molecule is CN1c2cccc3c2N(c2ccccc2C32c3ccccc3-c3c(-c4cc(-c5ccccc5)cc(-c5ccccc5)c4)cccc32)C1c1ccccc1. The molecule has 1 spiro atoms. The summed E-state index contributed by atoms with van der Waals surface area (Å²) in [5.74, 6) is 0. The minimum absolute atomic E-state index is 0.0467. The van der Waals surface area contributed by atoms with Crippen molar-refractivity contribution in [3.63, 3.8) is 0 Å². The Morgan fingerprint density at radius 2 is 0.906 bits per heavy atom. The highest BCUT2D eigenvalue weighted by Crippen LogP contribution is 2.67. The number of rotatable bonds is 4. The normalized spacial score (nSPS) is 17.3. The van der Waals surface area contributed by atoms with Crippen molar-refractivity contribution in [3.8, 4) is 44.5 Å². The van der Waals surface area contributed by atoms with E-state index < -0.39 is 5.41 Å². The van der Waals surface area contributed by atoms with E-state index in [0.717, 1.165) is 0 Å². The van der Waals surface area contributed by atoms with Crippen LogP contribution in [0.1, 0.15) is 34.0 Å². The maximum atomic E-state index is 2.60. The lowest BCUT2D eigenvalue weighted by atomic mass is 9.64. The first-order valence-corrected chi connectivity index (χ1v) is 18.5. The Morgan fingerprint density at radius 1 is 0.396 bits per heavy atom. The van der Waals surface area contributed by atoms with E-state index in [1.54, 1.807) is 0 Å². The van der Waals surface area contributed by atoms with Gasteiger partial charge in [-0.15, -0.1) is 0 Å². The standard InChI is InChI=1S/C51H36N2/c1-52-47-30-16-28-45-49(47)53(50(52)36-21-9-4-10-22-36)46-29-14-13-26-43(46)51(45)42-25-12-11-23-41(42)48-40(24-15-27-44(48)51)39-32-37(34-17-5-2-6-18-34)31-38(33-39)35-19-7-3-8-20-35/h2-33,50H,1H3. The van der Waals surface area contributed by atoms with Gasteiger partial charge < -0.3 is 9.80 Å². The van der Waals surface area contributed by atoms with E-state index in [-0.39, 0.29) is 6.17 Å². The molecular weight excluding hydrogens is 641 g/mol. The Labute approximate surface area is 310 Å². The van der Waals surface area contributed by atoms with Crippen LogP contribution in [0.2, 0.25) is 0 Å². The number of anilines is 3. The van der Waals surface area contributed by atoms with Gasteiger partial charge in [0.25, 0.3) is 0 Å². The fourth-order valence-electron chi connectivity index (χ4n) is 9.72. The van der Waals surface area contributed by atoms with Crippen LogP contribution < -0.4 is 9.80 Å². The van der Waals surface area contributed by atoms with Gasteiger partial charge in [-0.1, -0.05) is 164 Å². The Kier molecular flexibility index (Phi) is 6.48. The van der Waals surface area contributed by atoms with Crippen LogP contribution in [-0.4, -0.2) is 7.05 Å². The van der Waals surface area contributed by atoms with Crippen LogP contribution in [0.5, 0.6) is 0 Å². The second-order valence-corrected chi connectivity index (χ2v) is 14.5. The van der Waals surface area contributed by atoms with Gasteiger partial charge in [0.1, 0.15) is 6.17 Å². The molecule has 2 nitrogen and oxygen atoms in total. The second kappa shape index (κ2) is 11.4. The minimum atomic E-state index is -0.494. The summed E-state index contributed by atoms with van der Waals surface area (Å²) in [6.45, 7) is 0. The van der Waals surface area contributed by atoms with Crippen molar-refractivity contribution in [1.29, 1.82) is 0 Å². The topological polar surface area (TPSA) is 6.48 Å². The van der Waals surface area contributed by atoms with Crippen molar-refractivity contribution in [1.82, 2.24) is 0 Å². The molecule has 0 saturated carbocycles. The lowest BCUT2D eigenvalue weighted by Gasteiger charge is -2.44. The number of hydrogen-bond acceptors (Lipinski definition) is 2. The summed E-state index contributed by atoms with van der Waals surface area (Å²) in [4.78, 5) is 5.06. The number of benzene rings is 8. The average molecular weight is 677 g/mol. The zero-order chi connectivity index (χ0) is 35.1. The van der Waals surface area contributed by atoms with Crippen molar-refractivity contribution in [2.45, 2.75) is 11.6 Å². The number of hydrogen-bond donors (Lipinski definition) is 0. The van der Waals surface area contributed by atoms with Gasteiger partial charge >= 0.3 is 0 Å². The maximum Gasteiger partial charge on any atom is 0.132 e. The Morgan fingerprint density at radius 3 is 1.62 bits per heavy atom. The summed E-state index contributed by atoms with van der Waals surface area (Å²) < 4.78 is 0. The fourth-order valence-corrected chi connectivity index (χ4v) is 9.72. The van der Waals surface area contributed by atoms with Crippen molar-refractivity contribution < 1.29 is 0 Å². The van der Waals surface area contributed by atoms with Crippen molar-refractivity contribution in [3.05, 3.63) is 222 Å². The fraction of sp³-hybridized carbons (Fsp3) is 0.0588. The first-order chi connectivity index (χ1) is 26.2. The van der Waals surface area contributed by atoms with Gasteiger partial charge in [0.05, 0.1) is 16.8 Å². The lowest BCUT2D eigenvalue weighted by molar-refractivity contribution is 0.682. The van der Waals surface area contributed by atoms with Crippen molar-refractivity contribution in [2.24, 2.45) is 0 Å². The van der Waals surface area contributed by atoms with E-state index in [1.807, 2.05) is 0 Å². The van der Waals surface area contributed by atoms with Gasteiger partial charge in [-0.2, -0.15) is 0 Å². The van der Waals surface area contributed by atoms with E-state index in [9.17, 15) is 0 Å². The largest absolute Gasteiger partial charge is 0.348 e. The van der Waals surface area contributed by atoms with Crippen LogP contribution in [-0.2, 0) is 5.41 Å². The van der Waals surface area contributed by atoms with Crippen molar-refractivity contribution >= 4 is 17.1 Å². The quantitative estimate of drug-likeness (QED) is 0.183. The van der Waals surface area contributed by atoms with Crippen LogP contribution in [0.25, 0.3) is 44.5 Å². The molecule has 2 heterocycles. The van der Waals surface area contributed by atoms with Crippen LogP contribution in [0.15, 0.2) is 194 Å². The molecule has 2 heteroatoms. The van der Waals surface area contributed by atoms with E-state index >= 15 is 0 Å². The first-order valence-electron chi connectivity index (χ1n) is 18.5. The molecule has 2 atom stereocenters. The molecule has 250 valence electrons. The molecule has 53 heavy (non-hydrogen) atoms. The molecule has 11 rings (SSSR count).